The van der Waals surface area contributed by atoms with E-state index in [9.17, 15) is 0 Å². The lowest BCUT2D eigenvalue weighted by molar-refractivity contribution is 0.588. The smallest absolute Gasteiger partial charge is 0.0587 e. The Kier molecular flexibility index (Phi) is 9.47. The lowest BCUT2D eigenvalue weighted by atomic mass is 9.65. The summed E-state index contributed by atoms with van der Waals surface area (Å²) in [5.41, 5.74) is 23.0. The maximum atomic E-state index is 2.62. The van der Waals surface area contributed by atoms with Gasteiger partial charge < -0.3 is 0 Å². The van der Waals surface area contributed by atoms with Crippen molar-refractivity contribution in [1.29, 1.82) is 0 Å². The van der Waals surface area contributed by atoms with E-state index < -0.39 is 10.8 Å². The fourth-order valence-corrected chi connectivity index (χ4v) is 10.8. The summed E-state index contributed by atoms with van der Waals surface area (Å²) in [6, 6.07) is 58.2. The van der Waals surface area contributed by atoms with Crippen molar-refractivity contribution < 1.29 is 0 Å². The first-order chi connectivity index (χ1) is 29.0. The first-order valence-corrected chi connectivity index (χ1v) is 22.9. The minimum atomic E-state index is -0.530. The van der Waals surface area contributed by atoms with Gasteiger partial charge in [0.2, 0.25) is 0 Å². The van der Waals surface area contributed by atoms with Gasteiger partial charge in [-0.25, -0.2) is 0 Å². The predicted molar refractivity (Wildman–Crippen MR) is 265 cm³/mol. The zero-order valence-electron chi connectivity index (χ0n) is 39.9. The number of benzene rings is 7. The van der Waals surface area contributed by atoms with Crippen molar-refractivity contribution in [3.63, 3.8) is 0 Å². The summed E-state index contributed by atoms with van der Waals surface area (Å²) < 4.78 is 0. The van der Waals surface area contributed by atoms with E-state index in [1.807, 2.05) is 0 Å². The quantitative estimate of drug-likeness (QED) is 0.166. The predicted octanol–water partition coefficient (Wildman–Crippen LogP) is 16.2. The van der Waals surface area contributed by atoms with Crippen molar-refractivity contribution >= 4 is 0 Å². The third-order valence-electron chi connectivity index (χ3n) is 14.4. The molecule has 0 heteroatoms. The van der Waals surface area contributed by atoms with Gasteiger partial charge in [0, 0.05) is 0 Å². The highest BCUT2D eigenvalue weighted by Crippen LogP contribution is 2.63. The second-order valence-corrected chi connectivity index (χ2v) is 22.9. The highest BCUT2D eigenvalue weighted by molar-refractivity contribution is 5.95. The van der Waals surface area contributed by atoms with E-state index in [0.717, 1.165) is 0 Å². The summed E-state index contributed by atoms with van der Waals surface area (Å²) in [7, 11) is 0. The van der Waals surface area contributed by atoms with Crippen LogP contribution in [0.5, 0.6) is 0 Å². The van der Waals surface area contributed by atoms with Crippen LogP contribution in [0.4, 0.5) is 0 Å². The second kappa shape index (κ2) is 14.0. The lowest BCUT2D eigenvalue weighted by Gasteiger charge is -2.36. The fourth-order valence-electron chi connectivity index (χ4n) is 10.8. The molecule has 0 spiro atoms. The Hall–Kier alpha value is -5.46. The van der Waals surface area contributed by atoms with Gasteiger partial charge in [-0.1, -0.05) is 228 Å². The maximum Gasteiger partial charge on any atom is 0.0713 e. The average Bonchev–Trinajstić information content (AvgIpc) is 3.65. The molecule has 0 fully saturated rings. The molecule has 0 heterocycles. The summed E-state index contributed by atoms with van der Waals surface area (Å²) in [6.45, 7) is 32.3. The van der Waals surface area contributed by atoms with Crippen LogP contribution < -0.4 is 0 Å². The third kappa shape index (κ3) is 6.38. The van der Waals surface area contributed by atoms with Gasteiger partial charge in [0.15, 0.2) is 0 Å². The molecule has 0 bridgehead atoms. The van der Waals surface area contributed by atoms with Gasteiger partial charge in [0.05, 0.1) is 10.8 Å². The van der Waals surface area contributed by atoms with Crippen molar-refractivity contribution in [2.24, 2.45) is 0 Å². The lowest BCUT2D eigenvalue weighted by Crippen LogP contribution is -2.30. The highest BCUT2D eigenvalue weighted by Gasteiger charge is 2.51. The molecule has 2 aliphatic rings. The zero-order valence-corrected chi connectivity index (χ0v) is 39.9. The Balaban J connectivity index is 1.42. The fraction of sp³-hybridized carbons (Fsp3) is 0.323. The average molecular weight is 811 g/mol. The first-order valence-electron chi connectivity index (χ1n) is 22.9. The topological polar surface area (TPSA) is 0 Å². The first kappa shape index (κ1) is 41.9. The molecule has 62 heavy (non-hydrogen) atoms. The molecule has 0 radical (unpaired) electrons. The van der Waals surface area contributed by atoms with Gasteiger partial charge >= 0.3 is 0 Å². The largest absolute Gasteiger partial charge is 0.0713 e. The molecule has 0 N–H and O–H groups in total. The third-order valence-corrected chi connectivity index (χ3v) is 14.4. The molecule has 9 rings (SSSR count). The normalized spacial score (nSPS) is 15.2. The van der Waals surface area contributed by atoms with E-state index in [1.165, 1.54) is 100 Å². The minimum absolute atomic E-state index is 0.0459. The van der Waals surface area contributed by atoms with E-state index in [0.29, 0.717) is 0 Å². The van der Waals surface area contributed by atoms with Crippen LogP contribution in [0.1, 0.15) is 161 Å². The Morgan fingerprint density at radius 3 is 0.710 bits per heavy atom. The van der Waals surface area contributed by atoms with Crippen LogP contribution in [-0.4, -0.2) is 0 Å². The molecule has 0 unspecified atom stereocenters. The molecule has 0 saturated carbocycles. The van der Waals surface area contributed by atoms with E-state index >= 15 is 0 Å². The van der Waals surface area contributed by atoms with Crippen molar-refractivity contribution in [3.05, 3.63) is 223 Å². The number of hydrogen-bond acceptors (Lipinski definition) is 0. The van der Waals surface area contributed by atoms with E-state index in [-0.39, 0.29) is 21.7 Å². The Bertz CT molecular complexity index is 2520. The molecule has 0 saturated heterocycles. The number of hydrogen-bond donors (Lipinski definition) is 0. The van der Waals surface area contributed by atoms with E-state index in [1.54, 1.807) is 0 Å². The minimum Gasteiger partial charge on any atom is -0.0587 e. The van der Waals surface area contributed by atoms with Gasteiger partial charge in [-0.15, -0.1) is 0 Å². The van der Waals surface area contributed by atoms with Crippen molar-refractivity contribution in [3.8, 4) is 22.3 Å². The number of fused-ring (bicyclic) bond motifs is 6. The molecule has 7 aromatic carbocycles. The summed E-state index contributed by atoms with van der Waals surface area (Å²) in [5.74, 6) is 0. The van der Waals surface area contributed by atoms with Crippen LogP contribution in [-0.2, 0) is 32.5 Å². The summed E-state index contributed by atoms with van der Waals surface area (Å²) >= 11 is 0. The van der Waals surface area contributed by atoms with Crippen LogP contribution in [0.15, 0.2) is 146 Å². The van der Waals surface area contributed by atoms with E-state index in [4.69, 9.17) is 0 Å². The van der Waals surface area contributed by atoms with Crippen LogP contribution in [0.3, 0.4) is 0 Å². The standard InChI is InChI=1S/C62H66/c1-39-15-33-49-51-37-56-52(38-55(51)61(53(49)35-39,45-25-17-41(18-26-45)57(3,4)5)46-27-19-42(20-28-46)58(6,7)8)50-34-16-40(2)36-54(50)62(56,47-29-21-43(22-30-47)59(9,10)11)48-31-23-44(24-32-48)60(12,13)14/h15-38H,1-14H3. The van der Waals surface area contributed by atoms with Gasteiger partial charge in [-0.3, -0.25) is 0 Å². The Morgan fingerprint density at radius 2 is 0.484 bits per heavy atom. The molecule has 314 valence electrons. The van der Waals surface area contributed by atoms with Crippen molar-refractivity contribution in [1.82, 2.24) is 0 Å². The molecule has 0 nitrogen and oxygen atoms in total. The number of rotatable bonds is 4. The highest BCUT2D eigenvalue weighted by atomic mass is 14.5. The van der Waals surface area contributed by atoms with Crippen LogP contribution in [0.2, 0.25) is 0 Å². The monoisotopic (exact) mass is 811 g/mol. The molecule has 0 amide bonds. The Labute approximate surface area is 373 Å². The molecule has 7 aromatic rings. The summed E-state index contributed by atoms with van der Waals surface area (Å²) in [5, 5.41) is 0. The summed E-state index contributed by atoms with van der Waals surface area (Å²) in [6.07, 6.45) is 0. The van der Waals surface area contributed by atoms with Crippen LogP contribution in [0.25, 0.3) is 22.3 Å². The maximum absolute atomic E-state index is 2.62. The van der Waals surface area contributed by atoms with Crippen LogP contribution >= 0.6 is 0 Å². The van der Waals surface area contributed by atoms with E-state index in [2.05, 4.69) is 243 Å². The van der Waals surface area contributed by atoms with Gasteiger partial charge in [0.25, 0.3) is 0 Å². The molecule has 2 aliphatic carbocycles. The molecular weight excluding hydrogens is 745 g/mol. The molecule has 0 atom stereocenters. The molecule has 0 aliphatic heterocycles. The SMILES string of the molecule is Cc1ccc2c(c1)C(c1ccc(C(C)(C)C)cc1)(c1ccc(C(C)(C)C)cc1)c1cc3c(cc1-2)C(c1ccc(C(C)(C)C)cc1)(c1ccc(C(C)(C)C)cc1)c1cc(C)ccc1-3. The molecular formula is C62H66. The summed E-state index contributed by atoms with van der Waals surface area (Å²) in [4.78, 5) is 0. The van der Waals surface area contributed by atoms with Gasteiger partial charge in [-0.2, -0.15) is 0 Å². The van der Waals surface area contributed by atoms with Gasteiger partial charge in [0.1, 0.15) is 0 Å². The second-order valence-electron chi connectivity index (χ2n) is 22.9. The van der Waals surface area contributed by atoms with Crippen molar-refractivity contribution in [2.75, 3.05) is 0 Å². The van der Waals surface area contributed by atoms with Gasteiger partial charge in [-0.05, 0) is 137 Å². The number of aryl methyl sites for hydroxylation is 2. The Morgan fingerprint density at radius 1 is 0.258 bits per heavy atom. The van der Waals surface area contributed by atoms with Crippen molar-refractivity contribution in [2.45, 2.75) is 129 Å². The zero-order chi connectivity index (χ0) is 44.4. The molecule has 0 aromatic heterocycles. The van der Waals surface area contributed by atoms with Crippen LogP contribution in [0, 0.1) is 13.8 Å².